The summed E-state index contributed by atoms with van der Waals surface area (Å²) in [6, 6.07) is 3.55. The van der Waals surface area contributed by atoms with Crippen molar-refractivity contribution in [3.05, 3.63) is 0 Å². The standard InChI is InChI=1S/C15H29N3O/c1-5-14(6-2)18(9-10-19-4)12-15(3,11-16)17-13-7-8-13/h13-14,17H,5-10,12H2,1-4H3. The minimum Gasteiger partial charge on any atom is -0.383 e. The van der Waals surface area contributed by atoms with Gasteiger partial charge in [-0.1, -0.05) is 13.8 Å². The molecular formula is C15H29N3O. The van der Waals surface area contributed by atoms with Gasteiger partial charge in [-0.3, -0.25) is 10.2 Å². The van der Waals surface area contributed by atoms with Crippen LogP contribution in [0.2, 0.25) is 0 Å². The first-order valence-corrected chi connectivity index (χ1v) is 7.50. The van der Waals surface area contributed by atoms with E-state index in [-0.39, 0.29) is 0 Å². The van der Waals surface area contributed by atoms with E-state index in [0.717, 1.165) is 32.5 Å². The molecule has 4 heteroatoms. The number of ether oxygens (including phenoxy) is 1. The second-order valence-electron chi connectivity index (χ2n) is 5.80. The van der Waals surface area contributed by atoms with Crippen molar-refractivity contribution >= 4 is 0 Å². The van der Waals surface area contributed by atoms with E-state index in [1.165, 1.54) is 12.8 Å². The zero-order valence-electron chi connectivity index (χ0n) is 12.9. The molecule has 0 bridgehead atoms. The number of nitriles is 1. The molecule has 0 heterocycles. The van der Waals surface area contributed by atoms with E-state index in [9.17, 15) is 5.26 Å². The van der Waals surface area contributed by atoms with Gasteiger partial charge >= 0.3 is 0 Å². The molecule has 0 aliphatic heterocycles. The van der Waals surface area contributed by atoms with Crippen molar-refractivity contribution in [2.75, 3.05) is 26.8 Å². The summed E-state index contributed by atoms with van der Waals surface area (Å²) in [5.41, 5.74) is -0.447. The molecule has 0 aromatic heterocycles. The summed E-state index contributed by atoms with van der Waals surface area (Å²) < 4.78 is 5.21. The Labute approximate surface area is 118 Å². The Morgan fingerprint density at radius 2 is 2.05 bits per heavy atom. The molecule has 1 saturated carbocycles. The Hall–Kier alpha value is -0.630. The van der Waals surface area contributed by atoms with Crippen molar-refractivity contribution in [2.24, 2.45) is 0 Å². The molecule has 110 valence electrons. The number of methoxy groups -OCH3 is 1. The quantitative estimate of drug-likeness (QED) is 0.659. The van der Waals surface area contributed by atoms with Crippen LogP contribution in [0.5, 0.6) is 0 Å². The maximum atomic E-state index is 9.49. The third-order valence-electron chi connectivity index (χ3n) is 3.91. The second-order valence-corrected chi connectivity index (χ2v) is 5.80. The molecule has 1 aliphatic rings. The fourth-order valence-electron chi connectivity index (χ4n) is 2.60. The van der Waals surface area contributed by atoms with Gasteiger partial charge in [0.2, 0.25) is 0 Å². The second kappa shape index (κ2) is 7.84. The number of rotatable bonds is 10. The third kappa shape index (κ3) is 5.48. The van der Waals surface area contributed by atoms with E-state index < -0.39 is 5.54 Å². The molecule has 19 heavy (non-hydrogen) atoms. The molecule has 1 atom stereocenters. The summed E-state index contributed by atoms with van der Waals surface area (Å²) in [5.74, 6) is 0. The van der Waals surface area contributed by atoms with E-state index in [1.54, 1.807) is 7.11 Å². The fourth-order valence-corrected chi connectivity index (χ4v) is 2.60. The lowest BCUT2D eigenvalue weighted by atomic mass is 10.0. The number of hydrogen-bond acceptors (Lipinski definition) is 4. The van der Waals surface area contributed by atoms with Gasteiger partial charge in [0.1, 0.15) is 5.54 Å². The molecule has 1 unspecified atom stereocenters. The first-order valence-electron chi connectivity index (χ1n) is 7.50. The third-order valence-corrected chi connectivity index (χ3v) is 3.91. The summed E-state index contributed by atoms with van der Waals surface area (Å²) in [6.45, 7) is 8.84. The van der Waals surface area contributed by atoms with E-state index in [4.69, 9.17) is 4.74 Å². The molecule has 0 radical (unpaired) electrons. The first kappa shape index (κ1) is 16.4. The predicted octanol–water partition coefficient (Wildman–Crippen LogP) is 2.16. The Balaban J connectivity index is 2.64. The van der Waals surface area contributed by atoms with Crippen LogP contribution in [0.25, 0.3) is 0 Å². The van der Waals surface area contributed by atoms with Gasteiger partial charge in [-0.2, -0.15) is 5.26 Å². The number of nitrogens with one attached hydrogen (secondary N) is 1. The Morgan fingerprint density at radius 1 is 1.42 bits per heavy atom. The molecule has 0 saturated heterocycles. The fraction of sp³-hybridized carbons (Fsp3) is 0.933. The molecule has 1 aliphatic carbocycles. The first-order chi connectivity index (χ1) is 9.08. The average molecular weight is 267 g/mol. The zero-order valence-corrected chi connectivity index (χ0v) is 12.9. The van der Waals surface area contributed by atoms with Crippen molar-refractivity contribution in [3.8, 4) is 6.07 Å². The maximum Gasteiger partial charge on any atom is 0.116 e. The summed E-state index contributed by atoms with van der Waals surface area (Å²) in [4.78, 5) is 2.40. The topological polar surface area (TPSA) is 48.3 Å². The minimum absolute atomic E-state index is 0.447. The average Bonchev–Trinajstić information content (AvgIpc) is 3.20. The highest BCUT2D eigenvalue weighted by molar-refractivity contribution is 5.09. The molecule has 1 fully saturated rings. The summed E-state index contributed by atoms with van der Waals surface area (Å²) >= 11 is 0. The molecule has 4 nitrogen and oxygen atoms in total. The maximum absolute atomic E-state index is 9.49. The van der Waals surface area contributed by atoms with Gasteiger partial charge in [0, 0.05) is 32.3 Å². The van der Waals surface area contributed by atoms with Crippen LogP contribution < -0.4 is 5.32 Å². The van der Waals surface area contributed by atoms with Crippen molar-refractivity contribution in [2.45, 2.75) is 64.1 Å². The van der Waals surface area contributed by atoms with E-state index >= 15 is 0 Å². The molecule has 0 aromatic carbocycles. The summed E-state index contributed by atoms with van der Waals surface area (Å²) in [6.07, 6.45) is 4.65. The highest BCUT2D eigenvalue weighted by Gasteiger charge is 2.35. The lowest BCUT2D eigenvalue weighted by Crippen LogP contribution is -2.54. The summed E-state index contributed by atoms with van der Waals surface area (Å²) in [5, 5.41) is 13.0. The van der Waals surface area contributed by atoms with Crippen LogP contribution in [0.15, 0.2) is 0 Å². The van der Waals surface area contributed by atoms with Gasteiger partial charge in [-0.05, 0) is 32.6 Å². The van der Waals surface area contributed by atoms with Crippen molar-refractivity contribution in [1.82, 2.24) is 10.2 Å². The zero-order chi connectivity index (χ0) is 14.3. The Kier molecular flexibility index (Phi) is 6.78. The number of nitrogens with zero attached hydrogens (tertiary/aromatic N) is 2. The van der Waals surface area contributed by atoms with Crippen LogP contribution in [0, 0.1) is 11.3 Å². The Bertz CT molecular complexity index is 294. The van der Waals surface area contributed by atoms with Crippen molar-refractivity contribution in [1.29, 1.82) is 5.26 Å². The molecule has 0 spiro atoms. The van der Waals surface area contributed by atoms with Crippen LogP contribution >= 0.6 is 0 Å². The molecule has 0 aromatic rings. The number of hydrogen-bond donors (Lipinski definition) is 1. The van der Waals surface area contributed by atoms with Crippen molar-refractivity contribution in [3.63, 3.8) is 0 Å². The Morgan fingerprint density at radius 3 is 2.47 bits per heavy atom. The van der Waals surface area contributed by atoms with E-state index in [0.29, 0.717) is 12.1 Å². The van der Waals surface area contributed by atoms with Gasteiger partial charge in [0.15, 0.2) is 0 Å². The lowest BCUT2D eigenvalue weighted by molar-refractivity contribution is 0.0989. The molecule has 0 amide bonds. The monoisotopic (exact) mass is 267 g/mol. The van der Waals surface area contributed by atoms with Crippen LogP contribution in [0.1, 0.15) is 46.5 Å². The van der Waals surface area contributed by atoms with Gasteiger partial charge in [0.05, 0.1) is 12.7 Å². The highest BCUT2D eigenvalue weighted by Crippen LogP contribution is 2.23. The van der Waals surface area contributed by atoms with Gasteiger partial charge < -0.3 is 4.74 Å². The van der Waals surface area contributed by atoms with Gasteiger partial charge in [0.25, 0.3) is 0 Å². The largest absolute Gasteiger partial charge is 0.383 e. The molecular weight excluding hydrogens is 238 g/mol. The van der Waals surface area contributed by atoms with Crippen LogP contribution in [-0.4, -0.2) is 49.3 Å². The van der Waals surface area contributed by atoms with E-state index in [2.05, 4.69) is 30.1 Å². The molecule has 1 N–H and O–H groups in total. The van der Waals surface area contributed by atoms with Gasteiger partial charge in [-0.25, -0.2) is 0 Å². The lowest BCUT2D eigenvalue weighted by Gasteiger charge is -2.36. The normalized spacial score (nSPS) is 18.6. The van der Waals surface area contributed by atoms with Crippen LogP contribution in [0.4, 0.5) is 0 Å². The summed E-state index contributed by atoms with van der Waals surface area (Å²) in [7, 11) is 1.73. The van der Waals surface area contributed by atoms with Gasteiger partial charge in [-0.15, -0.1) is 0 Å². The highest BCUT2D eigenvalue weighted by atomic mass is 16.5. The molecule has 1 rings (SSSR count). The smallest absolute Gasteiger partial charge is 0.116 e. The SMILES string of the molecule is CCC(CC)N(CCOC)CC(C)(C#N)NC1CC1. The van der Waals surface area contributed by atoms with E-state index in [1.807, 2.05) is 6.92 Å². The van der Waals surface area contributed by atoms with Crippen LogP contribution in [-0.2, 0) is 4.74 Å². The van der Waals surface area contributed by atoms with Crippen LogP contribution in [0.3, 0.4) is 0 Å². The minimum atomic E-state index is -0.447. The predicted molar refractivity (Wildman–Crippen MR) is 78.0 cm³/mol. The van der Waals surface area contributed by atoms with Crippen molar-refractivity contribution < 1.29 is 4.74 Å².